The van der Waals surface area contributed by atoms with Gasteiger partial charge in [-0.2, -0.15) is 4.98 Å². The molecule has 2 bridgehead atoms. The fourth-order valence-electron chi connectivity index (χ4n) is 4.37. The quantitative estimate of drug-likeness (QED) is 0.825. The van der Waals surface area contributed by atoms with Gasteiger partial charge in [0.15, 0.2) is 0 Å². The SMILES string of the molecule is Cl.NC1CC2CCCC(C1)C2NC(=O)CCc1nc(-c2ccoc2)no1. The average Bonchev–Trinajstić information content (AvgIpc) is 3.25. The first-order valence-electron chi connectivity index (χ1n) is 9.09. The molecule has 2 saturated carbocycles. The Balaban J connectivity index is 0.00000196. The van der Waals surface area contributed by atoms with Gasteiger partial charge in [-0.1, -0.05) is 11.6 Å². The van der Waals surface area contributed by atoms with E-state index in [1.807, 2.05) is 0 Å². The van der Waals surface area contributed by atoms with Crippen LogP contribution in [0.2, 0.25) is 0 Å². The molecule has 0 aliphatic heterocycles. The summed E-state index contributed by atoms with van der Waals surface area (Å²) in [5.74, 6) is 2.07. The van der Waals surface area contributed by atoms with Gasteiger partial charge in [0.1, 0.15) is 6.26 Å². The topological polar surface area (TPSA) is 107 Å². The van der Waals surface area contributed by atoms with E-state index in [4.69, 9.17) is 14.7 Å². The third-order valence-corrected chi connectivity index (χ3v) is 5.52. The molecule has 1 amide bonds. The van der Waals surface area contributed by atoms with E-state index in [0.29, 0.717) is 42.4 Å². The number of carbonyl (C=O) groups is 1. The van der Waals surface area contributed by atoms with E-state index in [1.165, 1.54) is 19.3 Å². The number of amides is 1. The van der Waals surface area contributed by atoms with Crippen LogP contribution in [0.3, 0.4) is 0 Å². The molecule has 7 nitrogen and oxygen atoms in total. The lowest BCUT2D eigenvalue weighted by molar-refractivity contribution is -0.123. The minimum Gasteiger partial charge on any atom is -0.472 e. The number of hydrogen-bond acceptors (Lipinski definition) is 6. The number of aryl methyl sites for hydroxylation is 1. The van der Waals surface area contributed by atoms with Crippen LogP contribution in [0, 0.1) is 11.8 Å². The van der Waals surface area contributed by atoms with Gasteiger partial charge >= 0.3 is 0 Å². The van der Waals surface area contributed by atoms with Gasteiger partial charge in [-0.25, -0.2) is 0 Å². The van der Waals surface area contributed by atoms with Gasteiger partial charge in [0.05, 0.1) is 11.8 Å². The molecule has 2 aliphatic carbocycles. The molecule has 2 aromatic heterocycles. The van der Waals surface area contributed by atoms with Crippen LogP contribution in [0.4, 0.5) is 0 Å². The number of nitrogens with one attached hydrogen (secondary N) is 1. The highest BCUT2D eigenvalue weighted by molar-refractivity contribution is 5.85. The average molecular weight is 381 g/mol. The van der Waals surface area contributed by atoms with Gasteiger partial charge in [0, 0.05) is 24.9 Å². The number of nitrogens with zero attached hydrogens (tertiary/aromatic N) is 2. The second kappa shape index (κ2) is 8.22. The molecular weight excluding hydrogens is 356 g/mol. The van der Waals surface area contributed by atoms with Crippen LogP contribution >= 0.6 is 12.4 Å². The Morgan fingerprint density at radius 1 is 1.31 bits per heavy atom. The van der Waals surface area contributed by atoms with Crippen LogP contribution in [-0.2, 0) is 11.2 Å². The molecule has 2 fully saturated rings. The molecule has 0 saturated heterocycles. The number of aromatic nitrogens is 2. The molecule has 2 aliphatic rings. The molecule has 2 unspecified atom stereocenters. The molecule has 0 aromatic carbocycles. The van der Waals surface area contributed by atoms with Crippen molar-refractivity contribution in [1.29, 1.82) is 0 Å². The lowest BCUT2D eigenvalue weighted by Crippen LogP contribution is -2.53. The van der Waals surface area contributed by atoms with Crippen molar-refractivity contribution in [3.63, 3.8) is 0 Å². The summed E-state index contributed by atoms with van der Waals surface area (Å²) in [6.07, 6.45) is 9.58. The van der Waals surface area contributed by atoms with Gasteiger partial charge < -0.3 is 20.0 Å². The molecule has 4 rings (SSSR count). The van der Waals surface area contributed by atoms with Gasteiger partial charge in [0.2, 0.25) is 17.6 Å². The summed E-state index contributed by atoms with van der Waals surface area (Å²) < 4.78 is 10.2. The zero-order valence-corrected chi connectivity index (χ0v) is 15.4. The third-order valence-electron chi connectivity index (χ3n) is 5.52. The Morgan fingerprint density at radius 2 is 2.08 bits per heavy atom. The van der Waals surface area contributed by atoms with Crippen molar-refractivity contribution in [3.8, 4) is 11.4 Å². The summed E-state index contributed by atoms with van der Waals surface area (Å²) in [5, 5.41) is 7.16. The molecule has 8 heteroatoms. The lowest BCUT2D eigenvalue weighted by atomic mass is 9.67. The fourth-order valence-corrected chi connectivity index (χ4v) is 4.37. The van der Waals surface area contributed by atoms with E-state index >= 15 is 0 Å². The van der Waals surface area contributed by atoms with Crippen LogP contribution in [0.15, 0.2) is 27.5 Å². The van der Waals surface area contributed by atoms with Crippen molar-refractivity contribution in [2.24, 2.45) is 17.6 Å². The van der Waals surface area contributed by atoms with Gasteiger partial charge in [-0.3, -0.25) is 4.79 Å². The zero-order chi connectivity index (χ0) is 17.2. The van der Waals surface area contributed by atoms with Crippen molar-refractivity contribution in [2.45, 2.75) is 57.0 Å². The largest absolute Gasteiger partial charge is 0.472 e. The summed E-state index contributed by atoms with van der Waals surface area (Å²) in [7, 11) is 0. The smallest absolute Gasteiger partial charge is 0.227 e. The maximum Gasteiger partial charge on any atom is 0.227 e. The van der Waals surface area contributed by atoms with Crippen molar-refractivity contribution >= 4 is 18.3 Å². The Kier molecular flexibility index (Phi) is 5.98. The molecule has 2 aromatic rings. The Morgan fingerprint density at radius 3 is 2.77 bits per heavy atom. The monoisotopic (exact) mass is 380 g/mol. The van der Waals surface area contributed by atoms with E-state index in [-0.39, 0.29) is 24.4 Å². The van der Waals surface area contributed by atoms with E-state index in [0.717, 1.165) is 18.4 Å². The number of fused-ring (bicyclic) bond motifs is 2. The van der Waals surface area contributed by atoms with Gasteiger partial charge in [-0.15, -0.1) is 12.4 Å². The number of carbonyl (C=O) groups excluding carboxylic acids is 1. The highest BCUT2D eigenvalue weighted by atomic mass is 35.5. The second-order valence-corrected chi connectivity index (χ2v) is 7.30. The summed E-state index contributed by atoms with van der Waals surface area (Å²) >= 11 is 0. The molecule has 142 valence electrons. The Hall–Kier alpha value is -1.86. The summed E-state index contributed by atoms with van der Waals surface area (Å²) in [4.78, 5) is 16.7. The molecule has 2 heterocycles. The van der Waals surface area contributed by atoms with Gasteiger partial charge in [0.25, 0.3) is 0 Å². The molecule has 26 heavy (non-hydrogen) atoms. The first-order chi connectivity index (χ1) is 12.2. The number of halogens is 1. The zero-order valence-electron chi connectivity index (χ0n) is 14.6. The number of rotatable bonds is 5. The Bertz CT molecular complexity index is 704. The highest BCUT2D eigenvalue weighted by Gasteiger charge is 2.39. The van der Waals surface area contributed by atoms with E-state index in [1.54, 1.807) is 18.6 Å². The van der Waals surface area contributed by atoms with Crippen LogP contribution < -0.4 is 11.1 Å². The summed E-state index contributed by atoms with van der Waals surface area (Å²) in [6, 6.07) is 2.35. The maximum absolute atomic E-state index is 12.4. The molecule has 2 atom stereocenters. The normalized spacial score (nSPS) is 27.6. The standard InChI is InChI=1S/C18H24N4O3.ClH/c19-14-8-11-2-1-3-12(9-14)17(11)20-15(23)4-5-16-21-18(22-25-16)13-6-7-24-10-13;/h6-7,10-12,14,17H,1-5,8-9,19H2,(H,20,23);1H. The molecular formula is C18H25ClN4O3. The third kappa shape index (κ3) is 4.10. The van der Waals surface area contributed by atoms with Crippen LogP contribution in [0.1, 0.15) is 44.4 Å². The van der Waals surface area contributed by atoms with Crippen molar-refractivity contribution in [1.82, 2.24) is 15.5 Å². The molecule has 0 spiro atoms. The van der Waals surface area contributed by atoms with E-state index in [2.05, 4.69) is 15.5 Å². The maximum atomic E-state index is 12.4. The Labute approximate surface area is 158 Å². The summed E-state index contributed by atoms with van der Waals surface area (Å²) in [5.41, 5.74) is 6.92. The van der Waals surface area contributed by atoms with Crippen molar-refractivity contribution < 1.29 is 13.7 Å². The van der Waals surface area contributed by atoms with Gasteiger partial charge in [-0.05, 0) is 43.6 Å². The number of nitrogens with two attached hydrogens (primary N) is 1. The number of hydrogen-bond donors (Lipinski definition) is 2. The summed E-state index contributed by atoms with van der Waals surface area (Å²) in [6.45, 7) is 0. The van der Waals surface area contributed by atoms with E-state index in [9.17, 15) is 4.79 Å². The van der Waals surface area contributed by atoms with Crippen LogP contribution in [-0.4, -0.2) is 28.1 Å². The van der Waals surface area contributed by atoms with Crippen molar-refractivity contribution in [3.05, 3.63) is 24.5 Å². The number of furan rings is 1. The lowest BCUT2D eigenvalue weighted by Gasteiger charge is -2.45. The van der Waals surface area contributed by atoms with Crippen LogP contribution in [0.5, 0.6) is 0 Å². The second-order valence-electron chi connectivity index (χ2n) is 7.30. The highest BCUT2D eigenvalue weighted by Crippen LogP contribution is 2.39. The molecule has 3 N–H and O–H groups in total. The van der Waals surface area contributed by atoms with E-state index < -0.39 is 0 Å². The first-order valence-corrected chi connectivity index (χ1v) is 9.09. The van der Waals surface area contributed by atoms with Crippen molar-refractivity contribution in [2.75, 3.05) is 0 Å². The van der Waals surface area contributed by atoms with Crippen LogP contribution in [0.25, 0.3) is 11.4 Å². The first kappa shape index (κ1) is 18.9. The predicted molar refractivity (Wildman–Crippen MR) is 97.5 cm³/mol. The fraction of sp³-hybridized carbons (Fsp3) is 0.611. The molecule has 0 radical (unpaired) electrons. The minimum absolute atomic E-state index is 0. The predicted octanol–water partition coefficient (Wildman–Crippen LogP) is 2.71. The minimum atomic E-state index is 0.